The van der Waals surface area contributed by atoms with E-state index in [-0.39, 0.29) is 11.7 Å². The Bertz CT molecular complexity index is 1100. The Morgan fingerprint density at radius 1 is 1.15 bits per heavy atom. The number of benzene rings is 2. The molecule has 0 unspecified atom stereocenters. The van der Waals surface area contributed by atoms with Crippen LogP contribution in [0.25, 0.3) is 21.8 Å². The van der Waals surface area contributed by atoms with Gasteiger partial charge in [0.2, 0.25) is 11.1 Å². The Balaban J connectivity index is 1.58. The van der Waals surface area contributed by atoms with Crippen molar-refractivity contribution in [2.45, 2.75) is 18.6 Å². The Morgan fingerprint density at radius 3 is 2.73 bits per heavy atom. The lowest BCUT2D eigenvalue weighted by Gasteiger charge is -2.06. The van der Waals surface area contributed by atoms with Gasteiger partial charge >= 0.3 is 0 Å². The first-order valence-electron chi connectivity index (χ1n) is 8.33. The van der Waals surface area contributed by atoms with E-state index in [1.54, 1.807) is 11.7 Å². The van der Waals surface area contributed by atoms with E-state index in [1.807, 2.05) is 18.2 Å². The van der Waals surface area contributed by atoms with Crippen LogP contribution in [0.3, 0.4) is 0 Å². The van der Waals surface area contributed by atoms with E-state index in [4.69, 9.17) is 0 Å². The van der Waals surface area contributed by atoms with Crippen molar-refractivity contribution >= 4 is 45.2 Å². The summed E-state index contributed by atoms with van der Waals surface area (Å²) < 4.78 is 3.83. The number of amides is 1. The minimum absolute atomic E-state index is 0.0865. The number of hydrogen-bond acceptors (Lipinski definition) is 5. The van der Waals surface area contributed by atoms with Crippen molar-refractivity contribution < 1.29 is 4.79 Å². The molecule has 0 fully saturated rings. The van der Waals surface area contributed by atoms with E-state index in [0.717, 1.165) is 17.6 Å². The van der Waals surface area contributed by atoms with Gasteiger partial charge in [0.25, 0.3) is 0 Å². The van der Waals surface area contributed by atoms with Gasteiger partial charge in [-0.1, -0.05) is 30.0 Å². The normalized spacial score (nSPS) is 11.3. The number of carbonyl (C=O) groups excluding carboxylic acids is 1. The zero-order valence-corrected chi connectivity index (χ0v) is 15.3. The lowest BCUT2D eigenvalue weighted by molar-refractivity contribution is -0.113. The molecule has 0 radical (unpaired) electrons. The van der Waals surface area contributed by atoms with Gasteiger partial charge in [0, 0.05) is 41.1 Å². The van der Waals surface area contributed by atoms with Gasteiger partial charge in [0.15, 0.2) is 0 Å². The standard InChI is InChI=1S/C18H18N6OS/c1-3-24-15-7-5-4-6-13(15)14-10-12(8-9-16(14)24)19-17(25)11-26-18-20-21-22-23(18)2/h4-10H,3,11H2,1-2H3,(H,19,25). The Hall–Kier alpha value is -2.87. The number of para-hydroxylation sites is 1. The van der Waals surface area contributed by atoms with Gasteiger partial charge in [0.05, 0.1) is 5.75 Å². The fourth-order valence-corrected chi connectivity index (χ4v) is 3.79. The number of tetrazole rings is 1. The molecule has 2 aromatic heterocycles. The van der Waals surface area contributed by atoms with E-state index in [1.165, 1.54) is 28.2 Å². The van der Waals surface area contributed by atoms with Crippen LogP contribution >= 0.6 is 11.8 Å². The van der Waals surface area contributed by atoms with Crippen LogP contribution in [0.15, 0.2) is 47.6 Å². The van der Waals surface area contributed by atoms with Crippen molar-refractivity contribution in [3.63, 3.8) is 0 Å². The third-order valence-corrected chi connectivity index (χ3v) is 5.30. The number of aromatic nitrogens is 5. The molecule has 2 heterocycles. The summed E-state index contributed by atoms with van der Waals surface area (Å²) >= 11 is 1.31. The van der Waals surface area contributed by atoms with Crippen molar-refractivity contribution in [1.29, 1.82) is 0 Å². The van der Waals surface area contributed by atoms with Crippen molar-refractivity contribution in [2.75, 3.05) is 11.1 Å². The van der Waals surface area contributed by atoms with Gasteiger partial charge < -0.3 is 9.88 Å². The molecule has 4 aromatic rings. The summed E-state index contributed by atoms with van der Waals surface area (Å²) in [6.07, 6.45) is 0. The first-order chi connectivity index (χ1) is 12.7. The maximum absolute atomic E-state index is 12.3. The number of carbonyl (C=O) groups is 1. The number of anilines is 1. The molecule has 7 nitrogen and oxygen atoms in total. The molecule has 2 aromatic carbocycles. The van der Waals surface area contributed by atoms with Crippen LogP contribution in [-0.4, -0.2) is 36.4 Å². The average molecular weight is 366 g/mol. The topological polar surface area (TPSA) is 77.6 Å². The summed E-state index contributed by atoms with van der Waals surface area (Å²) in [7, 11) is 1.75. The Labute approximate surface area is 154 Å². The second-order valence-corrected chi connectivity index (χ2v) is 6.86. The van der Waals surface area contributed by atoms with Crippen molar-refractivity contribution in [2.24, 2.45) is 7.05 Å². The number of nitrogens with one attached hydrogen (secondary N) is 1. The number of aryl methyl sites for hydroxylation is 2. The van der Waals surface area contributed by atoms with Crippen LogP contribution in [0.1, 0.15) is 6.92 Å². The van der Waals surface area contributed by atoms with Gasteiger partial charge in [-0.2, -0.15) is 0 Å². The molecule has 0 spiro atoms. The number of fused-ring (bicyclic) bond motifs is 3. The second-order valence-electron chi connectivity index (χ2n) is 5.92. The van der Waals surface area contributed by atoms with Gasteiger partial charge in [-0.25, -0.2) is 4.68 Å². The summed E-state index contributed by atoms with van der Waals surface area (Å²) in [4.78, 5) is 12.3. The predicted octanol–water partition coefficient (Wildman–Crippen LogP) is 3.07. The molecule has 0 atom stereocenters. The number of hydrogen-bond donors (Lipinski definition) is 1. The highest BCUT2D eigenvalue weighted by molar-refractivity contribution is 7.99. The van der Waals surface area contributed by atoms with Crippen LogP contribution in [0, 0.1) is 0 Å². The average Bonchev–Trinajstić information content (AvgIpc) is 3.20. The molecule has 0 aliphatic heterocycles. The van der Waals surface area contributed by atoms with Crippen LogP contribution < -0.4 is 5.32 Å². The fraction of sp³-hybridized carbons (Fsp3) is 0.222. The molecular weight excluding hydrogens is 348 g/mol. The molecule has 26 heavy (non-hydrogen) atoms. The predicted molar refractivity (Wildman–Crippen MR) is 103 cm³/mol. The third kappa shape index (κ3) is 2.92. The molecular formula is C18H18N6OS. The molecule has 0 saturated carbocycles. The van der Waals surface area contributed by atoms with Crippen molar-refractivity contribution in [1.82, 2.24) is 24.8 Å². The summed E-state index contributed by atoms with van der Waals surface area (Å²) in [5.74, 6) is 0.166. The van der Waals surface area contributed by atoms with E-state index in [0.29, 0.717) is 5.16 Å². The third-order valence-electron chi connectivity index (χ3n) is 4.29. The first-order valence-corrected chi connectivity index (χ1v) is 9.32. The van der Waals surface area contributed by atoms with E-state index in [9.17, 15) is 4.79 Å². The summed E-state index contributed by atoms with van der Waals surface area (Å²) in [5.41, 5.74) is 3.17. The van der Waals surface area contributed by atoms with Crippen molar-refractivity contribution in [3.05, 3.63) is 42.5 Å². The molecule has 1 N–H and O–H groups in total. The van der Waals surface area contributed by atoms with Crippen molar-refractivity contribution in [3.8, 4) is 0 Å². The summed E-state index contributed by atoms with van der Waals surface area (Å²) in [5, 5.41) is 17.1. The molecule has 0 saturated heterocycles. The van der Waals surface area contributed by atoms with Crippen LogP contribution in [-0.2, 0) is 18.4 Å². The van der Waals surface area contributed by atoms with Gasteiger partial charge in [-0.3, -0.25) is 4.79 Å². The summed E-state index contributed by atoms with van der Waals surface area (Å²) in [6, 6.07) is 14.4. The van der Waals surface area contributed by atoms with Crippen LogP contribution in [0.4, 0.5) is 5.69 Å². The zero-order chi connectivity index (χ0) is 18.1. The highest BCUT2D eigenvalue weighted by Gasteiger charge is 2.12. The smallest absolute Gasteiger partial charge is 0.234 e. The largest absolute Gasteiger partial charge is 0.341 e. The van der Waals surface area contributed by atoms with E-state index in [2.05, 4.69) is 56.6 Å². The lowest BCUT2D eigenvalue weighted by atomic mass is 10.1. The second kappa shape index (κ2) is 6.80. The Kier molecular flexibility index (Phi) is 4.34. The zero-order valence-electron chi connectivity index (χ0n) is 14.5. The molecule has 8 heteroatoms. The quantitative estimate of drug-likeness (QED) is 0.549. The molecule has 132 valence electrons. The van der Waals surface area contributed by atoms with Crippen LogP contribution in [0.2, 0.25) is 0 Å². The minimum Gasteiger partial charge on any atom is -0.341 e. The Morgan fingerprint density at radius 2 is 1.96 bits per heavy atom. The number of thioether (sulfide) groups is 1. The van der Waals surface area contributed by atoms with Gasteiger partial charge in [-0.15, -0.1) is 5.10 Å². The molecule has 4 rings (SSSR count). The summed E-state index contributed by atoms with van der Waals surface area (Å²) in [6.45, 7) is 3.04. The van der Waals surface area contributed by atoms with Gasteiger partial charge in [-0.05, 0) is 41.6 Å². The maximum Gasteiger partial charge on any atom is 0.234 e. The number of nitrogens with zero attached hydrogens (tertiary/aromatic N) is 5. The van der Waals surface area contributed by atoms with E-state index >= 15 is 0 Å². The minimum atomic E-state index is -0.0865. The lowest BCUT2D eigenvalue weighted by Crippen LogP contribution is -2.14. The molecule has 0 aliphatic carbocycles. The molecule has 0 bridgehead atoms. The van der Waals surface area contributed by atoms with Crippen LogP contribution in [0.5, 0.6) is 0 Å². The highest BCUT2D eigenvalue weighted by atomic mass is 32.2. The SMILES string of the molecule is CCn1c2ccccc2c2cc(NC(=O)CSc3nnnn3C)ccc21. The monoisotopic (exact) mass is 366 g/mol. The maximum atomic E-state index is 12.3. The molecule has 1 amide bonds. The highest BCUT2D eigenvalue weighted by Crippen LogP contribution is 2.31. The molecule has 0 aliphatic rings. The first kappa shape index (κ1) is 16.6. The fourth-order valence-electron chi connectivity index (χ4n) is 3.14. The van der Waals surface area contributed by atoms with E-state index < -0.39 is 0 Å². The number of rotatable bonds is 5. The van der Waals surface area contributed by atoms with Gasteiger partial charge in [0.1, 0.15) is 0 Å².